The fraction of sp³-hybridized carbons (Fsp3) is 0.312. The monoisotopic (exact) mass is 321 g/mol. The number of aromatic nitrogens is 1. The second kappa shape index (κ2) is 6.12. The fourth-order valence-corrected chi connectivity index (χ4v) is 3.27. The van der Waals surface area contributed by atoms with E-state index in [0.29, 0.717) is 27.7 Å². The molecule has 110 valence electrons. The van der Waals surface area contributed by atoms with Gasteiger partial charge in [0.05, 0.1) is 10.0 Å². The zero-order valence-electron chi connectivity index (χ0n) is 11.8. The van der Waals surface area contributed by atoms with Crippen molar-refractivity contribution in [3.63, 3.8) is 0 Å². The molecule has 0 bridgehead atoms. The first-order valence-corrected chi connectivity index (χ1v) is 7.80. The van der Waals surface area contributed by atoms with E-state index in [1.807, 2.05) is 0 Å². The average molecular weight is 322 g/mol. The molecule has 21 heavy (non-hydrogen) atoms. The van der Waals surface area contributed by atoms with Gasteiger partial charge in [0.1, 0.15) is 11.6 Å². The molecule has 1 aliphatic carbocycles. The first-order chi connectivity index (χ1) is 10.2. The highest BCUT2D eigenvalue weighted by Crippen LogP contribution is 2.31. The Morgan fingerprint density at radius 2 is 1.81 bits per heavy atom. The van der Waals surface area contributed by atoms with Crippen molar-refractivity contribution < 1.29 is 0 Å². The third kappa shape index (κ3) is 3.09. The van der Waals surface area contributed by atoms with E-state index in [2.05, 4.69) is 39.9 Å². The number of halogens is 2. The number of hydrogen-bond acceptors (Lipinski definition) is 3. The molecule has 0 saturated carbocycles. The minimum absolute atomic E-state index is 0.343. The Balaban J connectivity index is 1.79. The number of benzene rings is 1. The molecular weight excluding hydrogens is 305 g/mol. The maximum absolute atomic E-state index is 6.24. The van der Waals surface area contributed by atoms with E-state index in [9.17, 15) is 0 Å². The van der Waals surface area contributed by atoms with Crippen LogP contribution in [0, 0.1) is 0 Å². The smallest absolute Gasteiger partial charge is 0.147 e. The topological polar surface area (TPSA) is 37.0 Å². The quantitative estimate of drug-likeness (QED) is 0.879. The summed E-state index contributed by atoms with van der Waals surface area (Å²) in [5.41, 5.74) is 2.85. The summed E-state index contributed by atoms with van der Waals surface area (Å²) in [5.74, 6) is 1.33. The van der Waals surface area contributed by atoms with Crippen LogP contribution in [0.3, 0.4) is 0 Å². The Kier molecular flexibility index (Phi) is 4.22. The second-order valence-corrected chi connectivity index (χ2v) is 6.07. The Morgan fingerprint density at radius 3 is 2.57 bits per heavy atom. The van der Waals surface area contributed by atoms with Crippen LogP contribution in [0.1, 0.15) is 17.5 Å². The van der Waals surface area contributed by atoms with Crippen LogP contribution in [0.15, 0.2) is 30.3 Å². The molecule has 0 aliphatic heterocycles. The molecule has 5 heteroatoms. The van der Waals surface area contributed by atoms with E-state index >= 15 is 0 Å². The highest BCUT2D eigenvalue weighted by atomic mass is 35.5. The Morgan fingerprint density at radius 1 is 1.10 bits per heavy atom. The van der Waals surface area contributed by atoms with Gasteiger partial charge < -0.3 is 10.6 Å². The van der Waals surface area contributed by atoms with Gasteiger partial charge in [0.15, 0.2) is 0 Å². The van der Waals surface area contributed by atoms with Crippen molar-refractivity contribution in [2.45, 2.75) is 25.3 Å². The molecule has 3 rings (SSSR count). The molecule has 2 N–H and O–H groups in total. The zero-order valence-corrected chi connectivity index (χ0v) is 13.3. The molecule has 1 unspecified atom stereocenters. The summed E-state index contributed by atoms with van der Waals surface area (Å²) in [6.07, 6.45) is 3.15. The molecule has 1 heterocycles. The Labute approximate surface area is 134 Å². The van der Waals surface area contributed by atoms with Crippen molar-refractivity contribution in [3.8, 4) is 0 Å². The van der Waals surface area contributed by atoms with Gasteiger partial charge in [-0.25, -0.2) is 4.98 Å². The predicted molar refractivity (Wildman–Crippen MR) is 89.7 cm³/mol. The molecule has 2 aromatic rings. The van der Waals surface area contributed by atoms with E-state index in [1.54, 1.807) is 13.1 Å². The van der Waals surface area contributed by atoms with Crippen LogP contribution in [-0.2, 0) is 12.8 Å². The summed E-state index contributed by atoms with van der Waals surface area (Å²) in [6.45, 7) is 0. The van der Waals surface area contributed by atoms with Crippen LogP contribution in [0.4, 0.5) is 11.6 Å². The molecule has 3 nitrogen and oxygen atoms in total. The van der Waals surface area contributed by atoms with Crippen LogP contribution in [-0.4, -0.2) is 18.1 Å². The molecule has 0 amide bonds. The van der Waals surface area contributed by atoms with Crippen LogP contribution in [0.5, 0.6) is 0 Å². The average Bonchev–Trinajstić information content (AvgIpc) is 2.50. The lowest BCUT2D eigenvalue weighted by Gasteiger charge is -2.26. The van der Waals surface area contributed by atoms with E-state index in [1.165, 1.54) is 11.1 Å². The van der Waals surface area contributed by atoms with Crippen LogP contribution in [0.25, 0.3) is 0 Å². The largest absolute Gasteiger partial charge is 0.372 e. The molecule has 1 aromatic heterocycles. The lowest BCUT2D eigenvalue weighted by molar-refractivity contribution is 0.609. The summed E-state index contributed by atoms with van der Waals surface area (Å²) < 4.78 is 0. The minimum Gasteiger partial charge on any atom is -0.372 e. The molecule has 0 radical (unpaired) electrons. The standard InChI is InChI=1S/C16H17Cl2N3/c1-19-15-13(17)9-14(18)16(21-15)20-12-7-6-10-4-2-3-5-11(10)8-12/h2-5,9,12H,6-8H2,1H3,(H2,19,20,21). The van der Waals surface area contributed by atoms with Crippen LogP contribution < -0.4 is 10.6 Å². The highest BCUT2D eigenvalue weighted by Gasteiger charge is 2.19. The van der Waals surface area contributed by atoms with Gasteiger partial charge in [0.2, 0.25) is 0 Å². The molecule has 0 fully saturated rings. The van der Waals surface area contributed by atoms with Crippen molar-refractivity contribution in [1.29, 1.82) is 0 Å². The number of anilines is 2. The summed E-state index contributed by atoms with van der Waals surface area (Å²) in [7, 11) is 1.79. The fourth-order valence-electron chi connectivity index (χ4n) is 2.76. The SMILES string of the molecule is CNc1nc(NC2CCc3ccccc3C2)c(Cl)cc1Cl. The molecule has 1 atom stereocenters. The predicted octanol–water partition coefficient (Wildman–Crippen LogP) is 4.40. The highest BCUT2D eigenvalue weighted by molar-refractivity contribution is 6.37. The van der Waals surface area contributed by atoms with Crippen molar-refractivity contribution in [2.75, 3.05) is 17.7 Å². The van der Waals surface area contributed by atoms with E-state index in [0.717, 1.165) is 19.3 Å². The van der Waals surface area contributed by atoms with Gasteiger partial charge in [-0.15, -0.1) is 0 Å². The molecule has 0 spiro atoms. The van der Waals surface area contributed by atoms with E-state index < -0.39 is 0 Å². The maximum Gasteiger partial charge on any atom is 0.147 e. The Bertz CT molecular complexity index is 658. The number of fused-ring (bicyclic) bond motifs is 1. The normalized spacial score (nSPS) is 17.2. The molecule has 1 aliphatic rings. The van der Waals surface area contributed by atoms with Crippen molar-refractivity contribution in [1.82, 2.24) is 4.98 Å². The van der Waals surface area contributed by atoms with Crippen LogP contribution >= 0.6 is 23.2 Å². The number of hydrogen-bond donors (Lipinski definition) is 2. The van der Waals surface area contributed by atoms with Gasteiger partial charge in [0, 0.05) is 13.1 Å². The van der Waals surface area contributed by atoms with Gasteiger partial charge in [-0.2, -0.15) is 0 Å². The van der Waals surface area contributed by atoms with Gasteiger partial charge in [-0.3, -0.25) is 0 Å². The number of nitrogens with zero attached hydrogens (tertiary/aromatic N) is 1. The first kappa shape index (κ1) is 14.5. The van der Waals surface area contributed by atoms with E-state index in [-0.39, 0.29) is 0 Å². The molecule has 1 aromatic carbocycles. The number of rotatable bonds is 3. The third-order valence-electron chi connectivity index (χ3n) is 3.85. The minimum atomic E-state index is 0.343. The number of aryl methyl sites for hydroxylation is 1. The van der Waals surface area contributed by atoms with Gasteiger partial charge in [-0.1, -0.05) is 47.5 Å². The maximum atomic E-state index is 6.24. The van der Waals surface area contributed by atoms with Gasteiger partial charge in [0.25, 0.3) is 0 Å². The summed E-state index contributed by atoms with van der Waals surface area (Å²) >= 11 is 12.3. The van der Waals surface area contributed by atoms with Crippen molar-refractivity contribution >= 4 is 34.8 Å². The molecule has 0 saturated heterocycles. The summed E-state index contributed by atoms with van der Waals surface area (Å²) in [4.78, 5) is 4.45. The lowest BCUT2D eigenvalue weighted by atomic mass is 9.88. The number of pyridine rings is 1. The first-order valence-electron chi connectivity index (χ1n) is 7.04. The van der Waals surface area contributed by atoms with Gasteiger partial charge in [-0.05, 0) is 36.5 Å². The second-order valence-electron chi connectivity index (χ2n) is 5.25. The summed E-state index contributed by atoms with van der Waals surface area (Å²) in [5, 5.41) is 7.51. The summed E-state index contributed by atoms with van der Waals surface area (Å²) in [6, 6.07) is 10.7. The van der Waals surface area contributed by atoms with Gasteiger partial charge >= 0.3 is 0 Å². The van der Waals surface area contributed by atoms with Crippen molar-refractivity contribution in [3.05, 3.63) is 51.5 Å². The molecular formula is C16H17Cl2N3. The lowest BCUT2D eigenvalue weighted by Crippen LogP contribution is -2.28. The van der Waals surface area contributed by atoms with Crippen molar-refractivity contribution in [2.24, 2.45) is 0 Å². The van der Waals surface area contributed by atoms with E-state index in [4.69, 9.17) is 23.2 Å². The zero-order chi connectivity index (χ0) is 14.8. The van der Waals surface area contributed by atoms with Crippen LogP contribution in [0.2, 0.25) is 10.0 Å². The Hall–Kier alpha value is -1.45. The number of nitrogens with one attached hydrogen (secondary N) is 2. The third-order valence-corrected chi connectivity index (χ3v) is 4.43.